The zero-order valence-corrected chi connectivity index (χ0v) is 24.8. The summed E-state index contributed by atoms with van der Waals surface area (Å²) >= 11 is 0. The lowest BCUT2D eigenvalue weighted by atomic mass is 9.74. The van der Waals surface area contributed by atoms with Crippen molar-refractivity contribution in [1.82, 2.24) is 0 Å². The highest BCUT2D eigenvalue weighted by molar-refractivity contribution is 8.33. The van der Waals surface area contributed by atoms with E-state index < -0.39 is 10.0 Å². The lowest BCUT2D eigenvalue weighted by molar-refractivity contribution is 0.363. The summed E-state index contributed by atoms with van der Waals surface area (Å²) in [5.74, 6) is 0. The Balaban J connectivity index is 3.36. The average Bonchev–Trinajstić information content (AvgIpc) is 2.82. The van der Waals surface area contributed by atoms with Crippen molar-refractivity contribution in [3.05, 3.63) is 29.8 Å². The van der Waals surface area contributed by atoms with Crippen LogP contribution in [0, 0.1) is 0 Å². The van der Waals surface area contributed by atoms with E-state index in [0.717, 1.165) is 0 Å². The van der Waals surface area contributed by atoms with Gasteiger partial charge in [-0.25, -0.2) is 10.0 Å². The van der Waals surface area contributed by atoms with E-state index in [2.05, 4.69) is 78.3 Å². The van der Waals surface area contributed by atoms with Gasteiger partial charge in [-0.3, -0.25) is 0 Å². The number of hydrogen-bond acceptors (Lipinski definition) is 0. The molecule has 1 heteroatoms. The molecule has 0 N–H and O–H groups in total. The minimum absolute atomic E-state index is 0.318. The summed E-state index contributed by atoms with van der Waals surface area (Å²) < 4.78 is 0.431. The summed E-state index contributed by atoms with van der Waals surface area (Å²) in [7, 11) is -0.934. The number of hydrogen-bond donors (Lipinski definition) is 0. The second-order valence-electron chi connectivity index (χ2n) is 11.7. The highest BCUT2D eigenvalue weighted by Gasteiger charge is 2.40. The van der Waals surface area contributed by atoms with E-state index in [-0.39, 0.29) is 0 Å². The Kier molecular flexibility index (Phi) is 14.4. The van der Waals surface area contributed by atoms with Crippen LogP contribution in [0.15, 0.2) is 29.2 Å². The van der Waals surface area contributed by atoms with Crippen molar-refractivity contribution < 1.29 is 0 Å². The molecule has 0 amide bonds. The fourth-order valence-electron chi connectivity index (χ4n) is 5.69. The quantitative estimate of drug-likeness (QED) is 0.174. The molecule has 0 aliphatic carbocycles. The van der Waals surface area contributed by atoms with Crippen molar-refractivity contribution in [2.24, 2.45) is 0 Å². The van der Waals surface area contributed by atoms with Gasteiger partial charge in [-0.15, -0.1) is 0 Å². The molecule has 0 spiro atoms. The van der Waals surface area contributed by atoms with Gasteiger partial charge in [0, 0.05) is 4.75 Å². The van der Waals surface area contributed by atoms with Crippen LogP contribution in [0.5, 0.6) is 0 Å². The standard InChI is InChI=1S/C32H60S/c1-9-13-17-21-26-31(5,25-15-11-3)29-23-19-20-24-30(29)33(7,8)32(6,27-16-12-4)28-22-18-14-10-2/h19-20,23-24H,9-18,21-22,25-28H2,1-8H3. The molecular formula is C32H60S. The Morgan fingerprint density at radius 2 is 1.03 bits per heavy atom. The van der Waals surface area contributed by atoms with Gasteiger partial charge in [0.25, 0.3) is 0 Å². The van der Waals surface area contributed by atoms with Crippen LogP contribution in [0.2, 0.25) is 0 Å². The average molecular weight is 477 g/mol. The van der Waals surface area contributed by atoms with Gasteiger partial charge in [0.15, 0.2) is 0 Å². The molecule has 0 saturated heterocycles. The van der Waals surface area contributed by atoms with Crippen molar-refractivity contribution in [3.8, 4) is 0 Å². The smallest absolute Gasteiger partial charge is 0.000746 e. The topological polar surface area (TPSA) is 0 Å². The molecule has 2 atom stereocenters. The third kappa shape index (κ3) is 8.94. The van der Waals surface area contributed by atoms with Crippen LogP contribution in [0.25, 0.3) is 0 Å². The molecule has 1 rings (SSSR count). The van der Waals surface area contributed by atoms with Gasteiger partial charge in [-0.05, 0) is 60.1 Å². The largest absolute Gasteiger partial charge is 0.215 e. The fraction of sp³-hybridized carbons (Fsp3) is 0.812. The maximum Gasteiger partial charge on any atom is 0.000746 e. The molecule has 0 heterocycles. The predicted octanol–water partition coefficient (Wildman–Crippen LogP) is 11.4. The van der Waals surface area contributed by atoms with E-state index in [0.29, 0.717) is 10.2 Å². The van der Waals surface area contributed by atoms with Gasteiger partial charge in [-0.2, -0.15) is 0 Å². The Morgan fingerprint density at radius 1 is 0.576 bits per heavy atom. The van der Waals surface area contributed by atoms with E-state index in [1.807, 2.05) is 0 Å². The molecule has 1 aromatic rings. The molecule has 0 aliphatic heterocycles. The summed E-state index contributed by atoms with van der Waals surface area (Å²) in [6.07, 6.45) is 27.1. The summed E-state index contributed by atoms with van der Waals surface area (Å²) in [4.78, 5) is 1.73. The van der Waals surface area contributed by atoms with Gasteiger partial charge in [0.1, 0.15) is 0 Å². The van der Waals surface area contributed by atoms with Gasteiger partial charge in [0.2, 0.25) is 0 Å². The Bertz CT molecular complexity index is 633. The lowest BCUT2D eigenvalue weighted by Gasteiger charge is -2.52. The maximum atomic E-state index is 2.67. The van der Waals surface area contributed by atoms with Crippen molar-refractivity contribution >= 4 is 10.0 Å². The first-order chi connectivity index (χ1) is 15.7. The molecule has 194 valence electrons. The van der Waals surface area contributed by atoms with Crippen molar-refractivity contribution in [2.75, 3.05) is 12.5 Å². The summed E-state index contributed by atoms with van der Waals surface area (Å²) in [6, 6.07) is 9.73. The molecule has 0 aliphatic rings. The maximum absolute atomic E-state index is 2.67. The Morgan fingerprint density at radius 3 is 1.61 bits per heavy atom. The van der Waals surface area contributed by atoms with Gasteiger partial charge in [-0.1, -0.05) is 137 Å². The third-order valence-corrected chi connectivity index (χ3v) is 12.9. The normalized spacial score (nSPS) is 16.4. The first kappa shape index (κ1) is 30.6. The molecule has 33 heavy (non-hydrogen) atoms. The second-order valence-corrected chi connectivity index (χ2v) is 15.7. The zero-order chi connectivity index (χ0) is 24.8. The molecule has 0 aromatic heterocycles. The van der Waals surface area contributed by atoms with Crippen LogP contribution in [0.1, 0.15) is 150 Å². The van der Waals surface area contributed by atoms with E-state index in [1.165, 1.54) is 103 Å². The summed E-state index contributed by atoms with van der Waals surface area (Å²) in [5.41, 5.74) is 2.02. The summed E-state index contributed by atoms with van der Waals surface area (Å²) in [5, 5.41) is 0. The predicted molar refractivity (Wildman–Crippen MR) is 156 cm³/mol. The Hall–Kier alpha value is -0.430. The van der Waals surface area contributed by atoms with Crippen LogP contribution >= 0.6 is 10.0 Å². The van der Waals surface area contributed by atoms with Crippen LogP contribution < -0.4 is 0 Å². The third-order valence-electron chi connectivity index (χ3n) is 8.60. The van der Waals surface area contributed by atoms with Crippen molar-refractivity contribution in [1.29, 1.82) is 0 Å². The van der Waals surface area contributed by atoms with Crippen molar-refractivity contribution in [3.63, 3.8) is 0 Å². The first-order valence-corrected chi connectivity index (χ1v) is 17.0. The van der Waals surface area contributed by atoms with E-state index in [4.69, 9.17) is 0 Å². The number of rotatable bonds is 19. The Labute approximate surface area is 211 Å². The van der Waals surface area contributed by atoms with Crippen LogP contribution in [0.4, 0.5) is 0 Å². The SMILES string of the molecule is CCCCCCC(C)(CCCC)c1ccccc1S(C)(C)C(C)(CCCC)CCCCCC. The van der Waals surface area contributed by atoms with Crippen LogP contribution in [0.3, 0.4) is 0 Å². The van der Waals surface area contributed by atoms with Gasteiger partial charge >= 0.3 is 0 Å². The summed E-state index contributed by atoms with van der Waals surface area (Å²) in [6.45, 7) is 14.6. The van der Waals surface area contributed by atoms with Crippen LogP contribution in [-0.2, 0) is 5.41 Å². The van der Waals surface area contributed by atoms with E-state index in [1.54, 1.807) is 10.5 Å². The number of benzene rings is 1. The number of unbranched alkanes of at least 4 members (excludes halogenated alkanes) is 8. The fourth-order valence-corrected chi connectivity index (χ4v) is 8.81. The van der Waals surface area contributed by atoms with E-state index >= 15 is 0 Å². The minimum Gasteiger partial charge on any atom is -0.215 e. The minimum atomic E-state index is -0.934. The van der Waals surface area contributed by atoms with Crippen molar-refractivity contribution in [2.45, 2.75) is 159 Å². The van der Waals surface area contributed by atoms with Gasteiger partial charge < -0.3 is 0 Å². The van der Waals surface area contributed by atoms with Gasteiger partial charge in [0.05, 0.1) is 0 Å². The molecule has 0 saturated carbocycles. The molecule has 1 aromatic carbocycles. The second kappa shape index (κ2) is 15.5. The lowest BCUT2D eigenvalue weighted by Crippen LogP contribution is -2.34. The molecule has 0 nitrogen and oxygen atoms in total. The van der Waals surface area contributed by atoms with Crippen LogP contribution in [-0.4, -0.2) is 17.3 Å². The molecule has 0 radical (unpaired) electrons. The van der Waals surface area contributed by atoms with E-state index in [9.17, 15) is 0 Å². The first-order valence-electron chi connectivity index (χ1n) is 14.5. The molecular weight excluding hydrogens is 416 g/mol. The highest BCUT2D eigenvalue weighted by atomic mass is 32.3. The highest BCUT2D eigenvalue weighted by Crippen LogP contribution is 2.65. The molecule has 0 fully saturated rings. The molecule has 0 bridgehead atoms. The monoisotopic (exact) mass is 476 g/mol. The zero-order valence-electron chi connectivity index (χ0n) is 24.0. The molecule has 2 unspecified atom stereocenters.